The van der Waals surface area contributed by atoms with Crippen LogP contribution in [0.1, 0.15) is 16.7 Å². The molecule has 0 amide bonds. The topological polar surface area (TPSA) is 9.23 Å². The maximum atomic E-state index is 6.10. The lowest BCUT2D eigenvalue weighted by atomic mass is 10.1. The smallest absolute Gasteiger partial charge is 0.120 e. The summed E-state index contributed by atoms with van der Waals surface area (Å²) in [5, 5.41) is 1.23. The molecule has 0 spiro atoms. The Kier molecular flexibility index (Phi) is 4.52. The van der Waals surface area contributed by atoms with E-state index in [9.17, 15) is 0 Å². The summed E-state index contributed by atoms with van der Waals surface area (Å²) in [4.78, 5) is 0. The van der Waals surface area contributed by atoms with Crippen LogP contribution in [0.15, 0.2) is 43.0 Å². The number of hydrogen-bond acceptors (Lipinski definition) is 1. The summed E-state index contributed by atoms with van der Waals surface area (Å²) in [6.07, 6.45) is 1.81. The van der Waals surface area contributed by atoms with Gasteiger partial charge in [0.15, 0.2) is 0 Å². The van der Waals surface area contributed by atoms with Crippen LogP contribution in [0, 0.1) is 6.92 Å². The molecule has 0 aliphatic heterocycles. The summed E-state index contributed by atoms with van der Waals surface area (Å²) in [7, 11) is 0. The fraction of sp³-hybridized carbons (Fsp3) is 0.125. The maximum absolute atomic E-state index is 6.10. The van der Waals surface area contributed by atoms with Gasteiger partial charge in [-0.1, -0.05) is 48.0 Å². The lowest BCUT2D eigenvalue weighted by Gasteiger charge is -2.11. The standard InChI is InChI=1S/C16H14Cl2O/c1-3-12-9-13(8-7-11(12)2)19-10-14-15(17)5-4-6-16(14)18/h3-9H,1,10H2,2H3. The van der Waals surface area contributed by atoms with E-state index >= 15 is 0 Å². The highest BCUT2D eigenvalue weighted by atomic mass is 35.5. The minimum absolute atomic E-state index is 0.345. The van der Waals surface area contributed by atoms with E-state index in [2.05, 4.69) is 6.58 Å². The van der Waals surface area contributed by atoms with Crippen LogP contribution in [0.25, 0.3) is 6.08 Å². The van der Waals surface area contributed by atoms with Crippen molar-refractivity contribution in [2.24, 2.45) is 0 Å². The molecule has 98 valence electrons. The van der Waals surface area contributed by atoms with E-state index in [0.717, 1.165) is 22.4 Å². The predicted molar refractivity (Wildman–Crippen MR) is 82.1 cm³/mol. The lowest BCUT2D eigenvalue weighted by Crippen LogP contribution is -1.98. The Morgan fingerprint density at radius 3 is 2.47 bits per heavy atom. The molecule has 0 saturated heterocycles. The molecule has 0 heterocycles. The molecular weight excluding hydrogens is 279 g/mol. The van der Waals surface area contributed by atoms with Crippen molar-refractivity contribution >= 4 is 29.3 Å². The highest BCUT2D eigenvalue weighted by Crippen LogP contribution is 2.26. The molecular formula is C16H14Cl2O. The quantitative estimate of drug-likeness (QED) is 0.720. The number of aryl methyl sites for hydroxylation is 1. The molecule has 0 aliphatic carbocycles. The largest absolute Gasteiger partial charge is 0.489 e. The molecule has 0 atom stereocenters. The van der Waals surface area contributed by atoms with E-state index < -0.39 is 0 Å². The average Bonchev–Trinajstić information content (AvgIpc) is 2.40. The van der Waals surface area contributed by atoms with Gasteiger partial charge in [0.05, 0.1) is 0 Å². The fourth-order valence-electron chi connectivity index (χ4n) is 1.75. The van der Waals surface area contributed by atoms with Crippen LogP contribution in [-0.2, 0) is 6.61 Å². The van der Waals surface area contributed by atoms with Crippen LogP contribution in [0.3, 0.4) is 0 Å². The van der Waals surface area contributed by atoms with Crippen molar-refractivity contribution in [3.8, 4) is 5.75 Å². The predicted octanol–water partition coefficient (Wildman–Crippen LogP) is 5.52. The van der Waals surface area contributed by atoms with Crippen LogP contribution < -0.4 is 4.74 Å². The zero-order valence-corrected chi connectivity index (χ0v) is 12.1. The van der Waals surface area contributed by atoms with E-state index in [-0.39, 0.29) is 0 Å². The third-order valence-electron chi connectivity index (χ3n) is 2.92. The SMILES string of the molecule is C=Cc1cc(OCc2c(Cl)cccc2Cl)ccc1C. The summed E-state index contributed by atoms with van der Waals surface area (Å²) in [6.45, 7) is 6.16. The van der Waals surface area contributed by atoms with Gasteiger partial charge in [-0.3, -0.25) is 0 Å². The lowest BCUT2D eigenvalue weighted by molar-refractivity contribution is 0.306. The van der Waals surface area contributed by atoms with E-state index in [1.807, 2.05) is 37.3 Å². The van der Waals surface area contributed by atoms with Crippen molar-refractivity contribution in [1.29, 1.82) is 0 Å². The number of hydrogen-bond donors (Lipinski definition) is 0. The first-order valence-corrected chi connectivity index (χ1v) is 6.66. The first-order valence-electron chi connectivity index (χ1n) is 5.90. The Labute approximate surface area is 123 Å². The number of ether oxygens (including phenoxy) is 1. The van der Waals surface area contributed by atoms with Crippen LogP contribution >= 0.6 is 23.2 Å². The molecule has 19 heavy (non-hydrogen) atoms. The molecule has 0 N–H and O–H groups in total. The Hall–Kier alpha value is -1.44. The van der Waals surface area contributed by atoms with Gasteiger partial charge < -0.3 is 4.74 Å². The molecule has 3 heteroatoms. The number of rotatable bonds is 4. The normalized spacial score (nSPS) is 10.3. The van der Waals surface area contributed by atoms with Crippen molar-refractivity contribution in [2.45, 2.75) is 13.5 Å². The van der Waals surface area contributed by atoms with Crippen LogP contribution in [0.5, 0.6) is 5.75 Å². The van der Waals surface area contributed by atoms with Gasteiger partial charge in [0.1, 0.15) is 12.4 Å². The van der Waals surface area contributed by atoms with Gasteiger partial charge in [0.25, 0.3) is 0 Å². The van der Waals surface area contributed by atoms with E-state index in [4.69, 9.17) is 27.9 Å². The first-order chi connectivity index (χ1) is 9.11. The Morgan fingerprint density at radius 2 is 1.84 bits per heavy atom. The molecule has 1 nitrogen and oxygen atoms in total. The monoisotopic (exact) mass is 292 g/mol. The Morgan fingerprint density at radius 1 is 1.16 bits per heavy atom. The summed E-state index contributed by atoms with van der Waals surface area (Å²) in [5.74, 6) is 0.775. The van der Waals surface area contributed by atoms with Gasteiger partial charge in [-0.15, -0.1) is 0 Å². The molecule has 0 aliphatic rings. The van der Waals surface area contributed by atoms with Crippen molar-refractivity contribution < 1.29 is 4.74 Å². The molecule has 2 aromatic rings. The Balaban J connectivity index is 2.17. The second kappa shape index (κ2) is 6.14. The minimum Gasteiger partial charge on any atom is -0.489 e. The summed E-state index contributed by atoms with van der Waals surface area (Å²) >= 11 is 12.2. The van der Waals surface area contributed by atoms with Crippen LogP contribution in [-0.4, -0.2) is 0 Å². The van der Waals surface area contributed by atoms with Crippen molar-refractivity contribution in [3.63, 3.8) is 0 Å². The second-order valence-corrected chi connectivity index (χ2v) is 5.03. The molecule has 0 fully saturated rings. The fourth-order valence-corrected chi connectivity index (χ4v) is 2.26. The number of benzene rings is 2. The van der Waals surface area contributed by atoms with E-state index in [0.29, 0.717) is 16.7 Å². The third kappa shape index (κ3) is 3.31. The van der Waals surface area contributed by atoms with Gasteiger partial charge >= 0.3 is 0 Å². The van der Waals surface area contributed by atoms with Crippen molar-refractivity contribution in [3.05, 3.63) is 69.7 Å². The molecule has 0 bridgehead atoms. The average molecular weight is 293 g/mol. The van der Waals surface area contributed by atoms with Gasteiger partial charge in [-0.2, -0.15) is 0 Å². The van der Waals surface area contributed by atoms with Crippen LogP contribution in [0.4, 0.5) is 0 Å². The van der Waals surface area contributed by atoms with Gasteiger partial charge in [-0.05, 0) is 42.3 Å². The highest BCUT2D eigenvalue weighted by Gasteiger charge is 2.06. The molecule has 2 aromatic carbocycles. The molecule has 0 aromatic heterocycles. The zero-order chi connectivity index (χ0) is 13.8. The number of halogens is 2. The zero-order valence-electron chi connectivity index (χ0n) is 10.6. The van der Waals surface area contributed by atoms with E-state index in [1.165, 1.54) is 0 Å². The summed E-state index contributed by atoms with van der Waals surface area (Å²) in [6, 6.07) is 11.3. The second-order valence-electron chi connectivity index (χ2n) is 4.21. The van der Waals surface area contributed by atoms with Crippen molar-refractivity contribution in [2.75, 3.05) is 0 Å². The van der Waals surface area contributed by atoms with Crippen molar-refractivity contribution in [1.82, 2.24) is 0 Å². The van der Waals surface area contributed by atoms with Crippen LogP contribution in [0.2, 0.25) is 10.0 Å². The minimum atomic E-state index is 0.345. The highest BCUT2D eigenvalue weighted by molar-refractivity contribution is 6.35. The molecule has 0 unspecified atom stereocenters. The third-order valence-corrected chi connectivity index (χ3v) is 3.62. The molecule has 2 rings (SSSR count). The van der Waals surface area contributed by atoms with Gasteiger partial charge in [-0.25, -0.2) is 0 Å². The molecule has 0 saturated carbocycles. The van der Waals surface area contributed by atoms with Gasteiger partial charge in [0.2, 0.25) is 0 Å². The first kappa shape index (κ1) is 14.0. The molecule has 0 radical (unpaired) electrons. The van der Waals surface area contributed by atoms with E-state index in [1.54, 1.807) is 12.1 Å². The maximum Gasteiger partial charge on any atom is 0.120 e. The summed E-state index contributed by atoms with van der Waals surface area (Å²) in [5.41, 5.74) is 3.02. The van der Waals surface area contributed by atoms with Gasteiger partial charge in [0, 0.05) is 15.6 Å². The Bertz CT molecular complexity index is 585. The summed E-state index contributed by atoms with van der Waals surface area (Å²) < 4.78 is 5.73.